The average molecular weight is 495 g/mol. The van der Waals surface area contributed by atoms with Gasteiger partial charge in [0.25, 0.3) is 5.91 Å². The predicted octanol–water partition coefficient (Wildman–Crippen LogP) is 3.46. The first-order valence-corrected chi connectivity index (χ1v) is 9.93. The Morgan fingerprint density at radius 1 is 1.20 bits per heavy atom. The zero-order valence-corrected chi connectivity index (χ0v) is 17.4. The van der Waals surface area contributed by atoms with Gasteiger partial charge in [-0.15, -0.1) is 0 Å². The van der Waals surface area contributed by atoms with Crippen LogP contribution < -0.4 is 10.1 Å². The van der Waals surface area contributed by atoms with E-state index in [1.807, 2.05) is 22.6 Å². The SMILES string of the molecule is COc1ccc(NC(=O)c2ccc(Cl)cc2I)cc1S(=O)(=O)N(C)C. The number of amides is 1. The van der Waals surface area contributed by atoms with Crippen LogP contribution in [0.15, 0.2) is 41.3 Å². The standard InChI is InChI=1S/C16H16ClIN2O4S/c1-20(2)25(22,23)15-9-11(5-7-14(15)24-3)19-16(21)12-6-4-10(17)8-13(12)18/h4-9H,1-3H3,(H,19,21). The summed E-state index contributed by atoms with van der Waals surface area (Å²) in [5.74, 6) is -0.160. The Labute approximate surface area is 165 Å². The minimum atomic E-state index is -3.72. The fraction of sp³-hybridized carbons (Fsp3) is 0.188. The molecule has 25 heavy (non-hydrogen) atoms. The van der Waals surface area contributed by atoms with Crippen LogP contribution in [-0.4, -0.2) is 39.8 Å². The van der Waals surface area contributed by atoms with Crippen LogP contribution in [0.25, 0.3) is 0 Å². The van der Waals surface area contributed by atoms with Crippen LogP contribution in [0.5, 0.6) is 5.75 Å². The Bertz CT molecular complexity index is 916. The van der Waals surface area contributed by atoms with Gasteiger partial charge in [0.15, 0.2) is 0 Å². The Kier molecular flexibility index (Phi) is 6.30. The maximum absolute atomic E-state index is 12.4. The number of sulfonamides is 1. The summed E-state index contributed by atoms with van der Waals surface area (Å²) in [5.41, 5.74) is 0.787. The van der Waals surface area contributed by atoms with Crippen molar-refractivity contribution >= 4 is 55.8 Å². The smallest absolute Gasteiger partial charge is 0.256 e. The Morgan fingerprint density at radius 3 is 2.44 bits per heavy atom. The maximum Gasteiger partial charge on any atom is 0.256 e. The summed E-state index contributed by atoms with van der Waals surface area (Å²) in [6, 6.07) is 9.35. The predicted molar refractivity (Wildman–Crippen MR) is 106 cm³/mol. The molecule has 0 bridgehead atoms. The third-order valence-electron chi connectivity index (χ3n) is 3.36. The molecule has 9 heteroatoms. The van der Waals surface area contributed by atoms with Gasteiger partial charge in [-0.2, -0.15) is 0 Å². The summed E-state index contributed by atoms with van der Waals surface area (Å²) >= 11 is 7.91. The van der Waals surface area contributed by atoms with Gasteiger partial charge in [0.05, 0.1) is 12.7 Å². The second kappa shape index (κ2) is 7.90. The summed E-state index contributed by atoms with van der Waals surface area (Å²) < 4.78 is 31.8. The Morgan fingerprint density at radius 2 is 1.88 bits per heavy atom. The largest absolute Gasteiger partial charge is 0.495 e. The number of nitrogens with zero attached hydrogens (tertiary/aromatic N) is 1. The van der Waals surface area contributed by atoms with E-state index in [4.69, 9.17) is 16.3 Å². The van der Waals surface area contributed by atoms with Crippen LogP contribution in [0.1, 0.15) is 10.4 Å². The van der Waals surface area contributed by atoms with Crippen molar-refractivity contribution in [3.8, 4) is 5.75 Å². The topological polar surface area (TPSA) is 75.7 Å². The van der Waals surface area contributed by atoms with Crippen molar-refractivity contribution in [2.45, 2.75) is 4.90 Å². The van der Waals surface area contributed by atoms with Gasteiger partial charge < -0.3 is 10.1 Å². The van der Waals surface area contributed by atoms with E-state index in [0.717, 1.165) is 4.31 Å². The van der Waals surface area contributed by atoms with Gasteiger partial charge in [0, 0.05) is 28.4 Å². The quantitative estimate of drug-likeness (QED) is 0.646. The highest BCUT2D eigenvalue weighted by Gasteiger charge is 2.23. The Balaban J connectivity index is 2.39. The molecule has 1 amide bonds. The van der Waals surface area contributed by atoms with E-state index in [0.29, 0.717) is 19.8 Å². The van der Waals surface area contributed by atoms with Gasteiger partial charge in [-0.3, -0.25) is 4.79 Å². The molecule has 1 N–H and O–H groups in total. The highest BCUT2D eigenvalue weighted by molar-refractivity contribution is 14.1. The van der Waals surface area contributed by atoms with E-state index in [-0.39, 0.29) is 16.6 Å². The molecule has 2 aromatic rings. The van der Waals surface area contributed by atoms with Crippen LogP contribution in [0, 0.1) is 3.57 Å². The minimum absolute atomic E-state index is 0.0244. The van der Waals surface area contributed by atoms with E-state index in [1.54, 1.807) is 24.3 Å². The van der Waals surface area contributed by atoms with Crippen molar-refractivity contribution in [2.75, 3.05) is 26.5 Å². The maximum atomic E-state index is 12.4. The lowest BCUT2D eigenvalue weighted by atomic mass is 10.2. The van der Waals surface area contributed by atoms with Crippen molar-refractivity contribution < 1.29 is 17.9 Å². The van der Waals surface area contributed by atoms with E-state index in [1.165, 1.54) is 33.3 Å². The van der Waals surface area contributed by atoms with Crippen LogP contribution >= 0.6 is 34.2 Å². The second-order valence-corrected chi connectivity index (χ2v) is 8.95. The number of ether oxygens (including phenoxy) is 1. The van der Waals surface area contributed by atoms with Crippen molar-refractivity contribution in [3.63, 3.8) is 0 Å². The first-order chi connectivity index (χ1) is 11.7. The van der Waals surface area contributed by atoms with Gasteiger partial charge in [-0.25, -0.2) is 12.7 Å². The number of nitrogens with one attached hydrogen (secondary N) is 1. The fourth-order valence-electron chi connectivity index (χ4n) is 2.02. The monoisotopic (exact) mass is 494 g/mol. The van der Waals surface area contributed by atoms with E-state index >= 15 is 0 Å². The number of halogens is 2. The van der Waals surface area contributed by atoms with Crippen LogP contribution in [0.3, 0.4) is 0 Å². The summed E-state index contributed by atoms with van der Waals surface area (Å²) in [4.78, 5) is 12.4. The third-order valence-corrected chi connectivity index (χ3v) is 6.32. The molecule has 0 heterocycles. The molecule has 0 fully saturated rings. The molecule has 0 radical (unpaired) electrons. The van der Waals surface area contributed by atoms with Crippen molar-refractivity contribution in [2.24, 2.45) is 0 Å². The van der Waals surface area contributed by atoms with Gasteiger partial charge >= 0.3 is 0 Å². The summed E-state index contributed by atoms with van der Waals surface area (Å²) in [7, 11) is 0.522. The van der Waals surface area contributed by atoms with Crippen molar-refractivity contribution in [1.29, 1.82) is 0 Å². The van der Waals surface area contributed by atoms with Crippen LogP contribution in [0.4, 0.5) is 5.69 Å². The second-order valence-electron chi connectivity index (χ2n) is 5.23. The number of hydrogen-bond acceptors (Lipinski definition) is 4. The first-order valence-electron chi connectivity index (χ1n) is 7.03. The molecule has 0 aliphatic heterocycles. The van der Waals surface area contributed by atoms with E-state index < -0.39 is 10.0 Å². The lowest BCUT2D eigenvalue weighted by molar-refractivity contribution is 0.102. The molecule has 0 atom stereocenters. The average Bonchev–Trinajstić information content (AvgIpc) is 2.54. The summed E-state index contributed by atoms with van der Waals surface area (Å²) in [6.07, 6.45) is 0. The number of methoxy groups -OCH3 is 1. The number of benzene rings is 2. The lowest BCUT2D eigenvalue weighted by Gasteiger charge is -2.16. The van der Waals surface area contributed by atoms with Gasteiger partial charge in [0.2, 0.25) is 10.0 Å². The molecule has 2 rings (SSSR count). The molecule has 0 aliphatic carbocycles. The summed E-state index contributed by atoms with van der Waals surface area (Å²) in [5, 5.41) is 3.23. The summed E-state index contributed by atoms with van der Waals surface area (Å²) in [6.45, 7) is 0. The van der Waals surface area contributed by atoms with E-state index in [2.05, 4.69) is 5.32 Å². The third kappa shape index (κ3) is 4.43. The number of rotatable bonds is 5. The minimum Gasteiger partial charge on any atom is -0.495 e. The molecule has 6 nitrogen and oxygen atoms in total. The number of carbonyl (C=O) groups excluding carboxylic acids is 1. The highest BCUT2D eigenvalue weighted by Crippen LogP contribution is 2.29. The molecule has 0 saturated heterocycles. The van der Waals surface area contributed by atoms with Crippen molar-refractivity contribution in [3.05, 3.63) is 50.6 Å². The zero-order chi connectivity index (χ0) is 18.8. The molecule has 0 unspecified atom stereocenters. The molecule has 0 spiro atoms. The van der Waals surface area contributed by atoms with Crippen LogP contribution in [-0.2, 0) is 10.0 Å². The highest BCUT2D eigenvalue weighted by atomic mass is 127. The zero-order valence-electron chi connectivity index (χ0n) is 13.7. The molecule has 134 valence electrons. The fourth-order valence-corrected chi connectivity index (χ4v) is 4.22. The van der Waals surface area contributed by atoms with Crippen LogP contribution in [0.2, 0.25) is 5.02 Å². The normalized spacial score (nSPS) is 11.4. The van der Waals surface area contributed by atoms with E-state index in [9.17, 15) is 13.2 Å². The van der Waals surface area contributed by atoms with Gasteiger partial charge in [0.1, 0.15) is 10.6 Å². The molecular formula is C16H16ClIN2O4S. The number of anilines is 1. The molecule has 2 aromatic carbocycles. The first kappa shape index (κ1) is 20.0. The van der Waals surface area contributed by atoms with Gasteiger partial charge in [-0.1, -0.05) is 11.6 Å². The molecule has 0 saturated carbocycles. The molecular weight excluding hydrogens is 479 g/mol. The molecule has 0 aromatic heterocycles. The lowest BCUT2D eigenvalue weighted by Crippen LogP contribution is -2.23. The van der Waals surface area contributed by atoms with Gasteiger partial charge in [-0.05, 0) is 59.0 Å². The Hall–Kier alpha value is -1.36. The number of carbonyl (C=O) groups is 1. The van der Waals surface area contributed by atoms with Crippen molar-refractivity contribution in [1.82, 2.24) is 4.31 Å². The number of hydrogen-bond donors (Lipinski definition) is 1. The molecule has 0 aliphatic rings.